The Bertz CT molecular complexity index is 642. The second-order valence-electron chi connectivity index (χ2n) is 4.56. The molecular weight excluding hydrogens is 258 g/mol. The van der Waals surface area contributed by atoms with Crippen molar-refractivity contribution in [3.8, 4) is 0 Å². The first-order chi connectivity index (χ1) is 9.49. The lowest BCUT2D eigenvalue weighted by molar-refractivity contribution is -0.386. The molecule has 1 aromatic heterocycles. The molecule has 0 amide bonds. The van der Waals surface area contributed by atoms with Crippen molar-refractivity contribution in [3.05, 3.63) is 51.4 Å². The van der Waals surface area contributed by atoms with Crippen molar-refractivity contribution in [1.29, 1.82) is 0 Å². The van der Waals surface area contributed by atoms with E-state index < -0.39 is 4.92 Å². The molecule has 0 fully saturated rings. The first kappa shape index (κ1) is 13.8. The predicted molar refractivity (Wildman–Crippen MR) is 77.6 cm³/mol. The lowest BCUT2D eigenvalue weighted by atomic mass is 10.1. The van der Waals surface area contributed by atoms with Gasteiger partial charge in [0.15, 0.2) is 5.69 Å². The van der Waals surface area contributed by atoms with Gasteiger partial charge in [-0.05, 0) is 30.7 Å². The summed E-state index contributed by atoms with van der Waals surface area (Å²) in [5.41, 5.74) is 2.20. The molecule has 0 radical (unpaired) electrons. The van der Waals surface area contributed by atoms with Crippen LogP contribution in [-0.4, -0.2) is 24.2 Å². The maximum atomic E-state index is 10.9. The molecule has 0 atom stereocenters. The van der Waals surface area contributed by atoms with Gasteiger partial charge in [0.25, 0.3) is 0 Å². The molecule has 0 saturated carbocycles. The number of hydrogen-bond acceptors (Lipinski definition) is 5. The molecule has 0 aliphatic rings. The van der Waals surface area contributed by atoms with Gasteiger partial charge < -0.3 is 9.42 Å². The third-order valence-electron chi connectivity index (χ3n) is 2.88. The fourth-order valence-corrected chi connectivity index (χ4v) is 1.77. The topological polar surface area (TPSA) is 72.4 Å². The van der Waals surface area contributed by atoms with Crippen molar-refractivity contribution in [1.82, 2.24) is 5.16 Å². The number of rotatable bonds is 4. The summed E-state index contributed by atoms with van der Waals surface area (Å²) < 4.78 is 4.95. The zero-order valence-corrected chi connectivity index (χ0v) is 11.5. The minimum Gasteiger partial charge on any atom is -0.378 e. The number of aryl methyl sites for hydroxylation is 1. The van der Waals surface area contributed by atoms with Crippen LogP contribution in [0.5, 0.6) is 0 Å². The quantitative estimate of drug-likeness (QED) is 0.632. The molecule has 2 aromatic rings. The van der Waals surface area contributed by atoms with E-state index in [-0.39, 0.29) is 17.1 Å². The molecular formula is C14H15N3O3. The van der Waals surface area contributed by atoms with E-state index >= 15 is 0 Å². The molecule has 0 spiro atoms. The summed E-state index contributed by atoms with van der Waals surface area (Å²) in [5, 5.41) is 14.5. The molecule has 0 N–H and O–H groups in total. The second-order valence-corrected chi connectivity index (χ2v) is 4.56. The highest BCUT2D eigenvalue weighted by Gasteiger charge is 2.21. The van der Waals surface area contributed by atoms with Gasteiger partial charge in [-0.25, -0.2) is 0 Å². The molecule has 0 aliphatic heterocycles. The smallest absolute Gasteiger partial charge is 0.338 e. The van der Waals surface area contributed by atoms with Gasteiger partial charge in [-0.1, -0.05) is 23.4 Å². The molecule has 1 heterocycles. The normalized spacial score (nSPS) is 10.9. The summed E-state index contributed by atoms with van der Waals surface area (Å²) in [6.07, 6.45) is 3.31. The highest BCUT2D eigenvalue weighted by Crippen LogP contribution is 2.24. The Hall–Kier alpha value is -2.63. The van der Waals surface area contributed by atoms with Crippen LogP contribution in [0, 0.1) is 17.0 Å². The van der Waals surface area contributed by atoms with Crippen LogP contribution in [0.4, 0.5) is 11.4 Å². The molecule has 6 nitrogen and oxygen atoms in total. The molecule has 0 bridgehead atoms. The minimum atomic E-state index is -0.485. The number of hydrogen-bond donors (Lipinski definition) is 0. The Balaban J connectivity index is 2.23. The molecule has 6 heteroatoms. The summed E-state index contributed by atoms with van der Waals surface area (Å²) >= 11 is 0. The van der Waals surface area contributed by atoms with Gasteiger partial charge in [-0.15, -0.1) is 0 Å². The SMILES string of the molecule is Cc1noc(C=Cc2ccc(N(C)C)cc2)c1[N+](=O)[O-]. The van der Waals surface area contributed by atoms with E-state index in [0.29, 0.717) is 0 Å². The Morgan fingerprint density at radius 2 is 1.90 bits per heavy atom. The van der Waals surface area contributed by atoms with E-state index in [0.717, 1.165) is 11.3 Å². The Kier molecular flexibility index (Phi) is 3.84. The Morgan fingerprint density at radius 1 is 1.25 bits per heavy atom. The average Bonchev–Trinajstić information content (AvgIpc) is 2.78. The van der Waals surface area contributed by atoms with Gasteiger partial charge in [0.1, 0.15) is 0 Å². The van der Waals surface area contributed by atoms with Crippen LogP contribution in [0.1, 0.15) is 17.0 Å². The number of nitro groups is 1. The summed E-state index contributed by atoms with van der Waals surface area (Å²) in [4.78, 5) is 12.4. The van der Waals surface area contributed by atoms with Gasteiger partial charge in [0, 0.05) is 19.8 Å². The van der Waals surface area contributed by atoms with E-state index in [1.54, 1.807) is 19.1 Å². The van der Waals surface area contributed by atoms with Crippen molar-refractivity contribution in [3.63, 3.8) is 0 Å². The van der Waals surface area contributed by atoms with E-state index in [9.17, 15) is 10.1 Å². The summed E-state index contributed by atoms with van der Waals surface area (Å²) in [6, 6.07) is 7.81. The molecule has 0 saturated heterocycles. The minimum absolute atomic E-state index is 0.0915. The maximum absolute atomic E-state index is 10.9. The van der Waals surface area contributed by atoms with E-state index in [1.165, 1.54) is 0 Å². The number of aromatic nitrogens is 1. The van der Waals surface area contributed by atoms with Crippen LogP contribution >= 0.6 is 0 Å². The Labute approximate surface area is 116 Å². The average molecular weight is 273 g/mol. The van der Waals surface area contributed by atoms with Gasteiger partial charge in [0.2, 0.25) is 5.76 Å². The van der Waals surface area contributed by atoms with Crippen molar-refractivity contribution in [2.75, 3.05) is 19.0 Å². The van der Waals surface area contributed by atoms with Crippen LogP contribution in [0.15, 0.2) is 28.8 Å². The number of benzene rings is 1. The molecule has 0 unspecified atom stereocenters. The third-order valence-corrected chi connectivity index (χ3v) is 2.88. The summed E-state index contributed by atoms with van der Waals surface area (Å²) in [5.74, 6) is 0.157. The molecule has 104 valence electrons. The molecule has 2 rings (SSSR count). The van der Waals surface area contributed by atoms with E-state index in [2.05, 4.69) is 5.16 Å². The third kappa shape index (κ3) is 2.85. The zero-order valence-electron chi connectivity index (χ0n) is 11.5. The maximum Gasteiger partial charge on any atom is 0.338 e. The lowest BCUT2D eigenvalue weighted by Gasteiger charge is -2.11. The van der Waals surface area contributed by atoms with Gasteiger partial charge in [-0.2, -0.15) is 0 Å². The highest BCUT2D eigenvalue weighted by molar-refractivity contribution is 5.72. The van der Waals surface area contributed by atoms with Crippen LogP contribution in [0.2, 0.25) is 0 Å². The van der Waals surface area contributed by atoms with Gasteiger partial charge in [-0.3, -0.25) is 10.1 Å². The van der Waals surface area contributed by atoms with E-state index in [4.69, 9.17) is 4.52 Å². The zero-order chi connectivity index (χ0) is 14.7. The second kappa shape index (κ2) is 5.56. The van der Waals surface area contributed by atoms with Crippen LogP contribution < -0.4 is 4.90 Å². The first-order valence-corrected chi connectivity index (χ1v) is 6.05. The van der Waals surface area contributed by atoms with Crippen molar-refractivity contribution in [2.45, 2.75) is 6.92 Å². The Morgan fingerprint density at radius 3 is 2.45 bits per heavy atom. The van der Waals surface area contributed by atoms with Crippen LogP contribution in [0.3, 0.4) is 0 Å². The monoisotopic (exact) mass is 273 g/mol. The highest BCUT2D eigenvalue weighted by atomic mass is 16.6. The van der Waals surface area contributed by atoms with Crippen LogP contribution in [0.25, 0.3) is 12.2 Å². The number of anilines is 1. The fourth-order valence-electron chi connectivity index (χ4n) is 1.77. The molecule has 1 aromatic carbocycles. The largest absolute Gasteiger partial charge is 0.378 e. The molecule has 20 heavy (non-hydrogen) atoms. The van der Waals surface area contributed by atoms with Gasteiger partial charge >= 0.3 is 5.69 Å². The van der Waals surface area contributed by atoms with E-state index in [1.807, 2.05) is 43.3 Å². The number of nitrogens with zero attached hydrogens (tertiary/aromatic N) is 3. The summed E-state index contributed by atoms with van der Waals surface area (Å²) in [7, 11) is 3.93. The van der Waals surface area contributed by atoms with Crippen molar-refractivity contribution in [2.24, 2.45) is 0 Å². The predicted octanol–water partition coefficient (Wildman–Crippen LogP) is 3.13. The standard InChI is InChI=1S/C14H15N3O3/c1-10-14(17(18)19)13(20-15-10)9-6-11-4-7-12(8-5-11)16(2)3/h4-9H,1-3H3. The summed E-state index contributed by atoms with van der Waals surface area (Å²) in [6.45, 7) is 1.55. The van der Waals surface area contributed by atoms with Crippen molar-refractivity contribution < 1.29 is 9.45 Å². The van der Waals surface area contributed by atoms with Crippen molar-refractivity contribution >= 4 is 23.5 Å². The van der Waals surface area contributed by atoms with Crippen LogP contribution in [-0.2, 0) is 0 Å². The lowest BCUT2D eigenvalue weighted by Crippen LogP contribution is -2.07. The molecule has 0 aliphatic carbocycles. The first-order valence-electron chi connectivity index (χ1n) is 6.05. The van der Waals surface area contributed by atoms with Gasteiger partial charge in [0.05, 0.1) is 4.92 Å². The fraction of sp³-hybridized carbons (Fsp3) is 0.214.